The number of sulfonamides is 1. The highest BCUT2D eigenvalue weighted by Gasteiger charge is 2.50. The quantitative estimate of drug-likeness (QED) is 0.824. The Balaban J connectivity index is 2.03. The molecule has 2 amide bonds. The summed E-state index contributed by atoms with van der Waals surface area (Å²) >= 11 is 0. The fraction of sp³-hybridized carbons (Fsp3) is 0.600. The van der Waals surface area contributed by atoms with Gasteiger partial charge in [-0.2, -0.15) is 4.31 Å². The first-order valence-electron chi connectivity index (χ1n) is 9.68. The SMILES string of the molecule is Cc1cc(C)cc(N2C(=O)CN(S(C)(=O)=O)CC2(C)C(=O)NC2CCCC2)c1. The van der Waals surface area contributed by atoms with Crippen LogP contribution in [0.4, 0.5) is 5.69 Å². The molecule has 28 heavy (non-hydrogen) atoms. The molecule has 1 aromatic rings. The third kappa shape index (κ3) is 4.07. The summed E-state index contributed by atoms with van der Waals surface area (Å²) < 4.78 is 25.4. The molecule has 0 radical (unpaired) electrons. The van der Waals surface area contributed by atoms with Gasteiger partial charge < -0.3 is 5.32 Å². The summed E-state index contributed by atoms with van der Waals surface area (Å²) in [5, 5.41) is 3.06. The van der Waals surface area contributed by atoms with Gasteiger partial charge in [-0.1, -0.05) is 18.9 Å². The minimum Gasteiger partial charge on any atom is -0.351 e. The molecule has 1 saturated heterocycles. The Morgan fingerprint density at radius 1 is 1.14 bits per heavy atom. The van der Waals surface area contributed by atoms with Crippen molar-refractivity contribution in [2.45, 2.75) is 58.0 Å². The highest BCUT2D eigenvalue weighted by molar-refractivity contribution is 7.88. The predicted molar refractivity (Wildman–Crippen MR) is 109 cm³/mol. The number of benzene rings is 1. The molecule has 1 aromatic carbocycles. The molecule has 1 aliphatic heterocycles. The van der Waals surface area contributed by atoms with Crippen LogP contribution in [0.2, 0.25) is 0 Å². The summed E-state index contributed by atoms with van der Waals surface area (Å²) in [6.07, 6.45) is 5.03. The first-order valence-corrected chi connectivity index (χ1v) is 11.5. The Morgan fingerprint density at radius 2 is 1.71 bits per heavy atom. The molecular formula is C20H29N3O4S. The second kappa shape index (κ2) is 7.48. The van der Waals surface area contributed by atoms with Gasteiger partial charge in [-0.25, -0.2) is 8.42 Å². The number of carbonyl (C=O) groups is 2. The topological polar surface area (TPSA) is 86.8 Å². The second-order valence-electron chi connectivity index (χ2n) is 8.33. The standard InChI is InChI=1S/C20H29N3O4S/c1-14-9-15(2)11-17(10-14)23-18(24)12-22(28(4,26)27)13-20(23,3)19(25)21-16-7-5-6-8-16/h9-11,16H,5-8,12-13H2,1-4H3,(H,21,25). The van der Waals surface area contributed by atoms with Crippen molar-refractivity contribution in [1.29, 1.82) is 0 Å². The monoisotopic (exact) mass is 407 g/mol. The average molecular weight is 408 g/mol. The van der Waals surface area contributed by atoms with Crippen LogP contribution in [0.1, 0.15) is 43.7 Å². The Kier molecular flexibility index (Phi) is 5.55. The Bertz CT molecular complexity index is 872. The lowest BCUT2D eigenvalue weighted by molar-refractivity contribution is -0.133. The summed E-state index contributed by atoms with van der Waals surface area (Å²) in [7, 11) is -3.61. The minimum absolute atomic E-state index is 0.0664. The van der Waals surface area contributed by atoms with Crippen LogP contribution in [-0.4, -0.2) is 55.5 Å². The van der Waals surface area contributed by atoms with Crippen molar-refractivity contribution >= 4 is 27.5 Å². The molecule has 154 valence electrons. The number of rotatable bonds is 4. The van der Waals surface area contributed by atoms with Crippen LogP contribution < -0.4 is 10.2 Å². The number of aryl methyl sites for hydroxylation is 2. The van der Waals surface area contributed by atoms with Gasteiger partial charge in [0.15, 0.2) is 0 Å². The van der Waals surface area contributed by atoms with Gasteiger partial charge in [0.2, 0.25) is 21.8 Å². The van der Waals surface area contributed by atoms with Gasteiger partial charge in [-0.05, 0) is 56.9 Å². The molecule has 1 heterocycles. The van der Waals surface area contributed by atoms with E-state index in [1.807, 2.05) is 32.0 Å². The average Bonchev–Trinajstić information content (AvgIpc) is 3.05. The van der Waals surface area contributed by atoms with E-state index in [-0.39, 0.29) is 25.0 Å². The Labute approximate surface area is 167 Å². The molecule has 1 aliphatic carbocycles. The summed E-state index contributed by atoms with van der Waals surface area (Å²) in [5.41, 5.74) is 1.26. The van der Waals surface area contributed by atoms with Crippen molar-refractivity contribution in [3.8, 4) is 0 Å². The fourth-order valence-electron chi connectivity index (χ4n) is 4.29. The number of amides is 2. The molecule has 0 bridgehead atoms. The van der Waals surface area contributed by atoms with Crippen molar-refractivity contribution in [1.82, 2.24) is 9.62 Å². The molecule has 1 N–H and O–H groups in total. The maximum absolute atomic E-state index is 13.3. The molecule has 7 nitrogen and oxygen atoms in total. The summed E-state index contributed by atoms with van der Waals surface area (Å²) in [6.45, 7) is 5.19. The molecule has 3 rings (SSSR count). The van der Waals surface area contributed by atoms with Crippen LogP contribution in [0.3, 0.4) is 0 Å². The Hall–Kier alpha value is -1.93. The van der Waals surface area contributed by atoms with Crippen LogP contribution in [0.5, 0.6) is 0 Å². The molecule has 1 atom stereocenters. The largest absolute Gasteiger partial charge is 0.351 e. The molecule has 0 aromatic heterocycles. The molecule has 0 spiro atoms. The zero-order valence-corrected chi connectivity index (χ0v) is 17.8. The predicted octanol–water partition coefficient (Wildman–Crippen LogP) is 1.73. The van der Waals surface area contributed by atoms with E-state index < -0.39 is 21.5 Å². The van der Waals surface area contributed by atoms with E-state index in [4.69, 9.17) is 0 Å². The maximum atomic E-state index is 13.3. The van der Waals surface area contributed by atoms with Gasteiger partial charge in [0, 0.05) is 18.3 Å². The van der Waals surface area contributed by atoms with Crippen molar-refractivity contribution < 1.29 is 18.0 Å². The lowest BCUT2D eigenvalue weighted by atomic mass is 9.93. The van der Waals surface area contributed by atoms with Crippen LogP contribution in [0.15, 0.2) is 18.2 Å². The fourth-order valence-corrected chi connectivity index (χ4v) is 5.13. The molecular weight excluding hydrogens is 378 g/mol. The number of nitrogens with zero attached hydrogens (tertiary/aromatic N) is 2. The molecule has 1 unspecified atom stereocenters. The van der Waals surface area contributed by atoms with Crippen molar-refractivity contribution in [2.24, 2.45) is 0 Å². The molecule has 2 fully saturated rings. The highest BCUT2D eigenvalue weighted by atomic mass is 32.2. The van der Waals surface area contributed by atoms with E-state index in [1.165, 1.54) is 4.90 Å². The van der Waals surface area contributed by atoms with E-state index in [9.17, 15) is 18.0 Å². The molecule has 8 heteroatoms. The van der Waals surface area contributed by atoms with E-state index in [0.717, 1.165) is 47.4 Å². The van der Waals surface area contributed by atoms with E-state index in [1.54, 1.807) is 6.92 Å². The lowest BCUT2D eigenvalue weighted by Crippen LogP contribution is -2.70. The highest BCUT2D eigenvalue weighted by Crippen LogP contribution is 2.32. The number of hydrogen-bond donors (Lipinski definition) is 1. The van der Waals surface area contributed by atoms with Gasteiger partial charge in [-0.3, -0.25) is 14.5 Å². The number of nitrogens with one attached hydrogen (secondary N) is 1. The zero-order valence-electron chi connectivity index (χ0n) is 17.0. The summed E-state index contributed by atoms with van der Waals surface area (Å²) in [4.78, 5) is 27.9. The number of anilines is 1. The van der Waals surface area contributed by atoms with Crippen molar-refractivity contribution in [3.63, 3.8) is 0 Å². The van der Waals surface area contributed by atoms with E-state index in [0.29, 0.717) is 5.69 Å². The maximum Gasteiger partial charge on any atom is 0.247 e. The third-order valence-electron chi connectivity index (χ3n) is 5.65. The lowest BCUT2D eigenvalue weighted by Gasteiger charge is -2.47. The summed E-state index contributed by atoms with van der Waals surface area (Å²) in [6, 6.07) is 5.80. The molecule has 2 aliphatic rings. The Morgan fingerprint density at radius 3 is 2.25 bits per heavy atom. The van der Waals surface area contributed by atoms with Crippen molar-refractivity contribution in [2.75, 3.05) is 24.2 Å². The van der Waals surface area contributed by atoms with E-state index in [2.05, 4.69) is 5.32 Å². The van der Waals surface area contributed by atoms with Crippen LogP contribution in [0.25, 0.3) is 0 Å². The first kappa shape index (κ1) is 20.8. The normalized spacial score (nSPS) is 24.6. The minimum atomic E-state index is -3.61. The van der Waals surface area contributed by atoms with Gasteiger partial charge in [0.1, 0.15) is 5.54 Å². The first-order chi connectivity index (χ1) is 13.0. The number of piperazine rings is 1. The zero-order chi connectivity index (χ0) is 20.7. The van der Waals surface area contributed by atoms with E-state index >= 15 is 0 Å². The smallest absolute Gasteiger partial charge is 0.247 e. The van der Waals surface area contributed by atoms with Crippen LogP contribution in [-0.2, 0) is 19.6 Å². The summed E-state index contributed by atoms with van der Waals surface area (Å²) in [5.74, 6) is -0.703. The van der Waals surface area contributed by atoms with Gasteiger partial charge in [0.25, 0.3) is 0 Å². The van der Waals surface area contributed by atoms with Gasteiger partial charge in [0.05, 0.1) is 12.8 Å². The number of hydrogen-bond acceptors (Lipinski definition) is 4. The van der Waals surface area contributed by atoms with Crippen LogP contribution >= 0.6 is 0 Å². The molecule has 1 saturated carbocycles. The van der Waals surface area contributed by atoms with Gasteiger partial charge in [-0.15, -0.1) is 0 Å². The van der Waals surface area contributed by atoms with Crippen LogP contribution in [0, 0.1) is 13.8 Å². The van der Waals surface area contributed by atoms with Gasteiger partial charge >= 0.3 is 0 Å². The van der Waals surface area contributed by atoms with Crippen molar-refractivity contribution in [3.05, 3.63) is 29.3 Å². The third-order valence-corrected chi connectivity index (χ3v) is 6.85. The second-order valence-corrected chi connectivity index (χ2v) is 10.3. The number of carbonyl (C=O) groups excluding carboxylic acids is 2.